The Morgan fingerprint density at radius 1 is 1.05 bits per heavy atom. The van der Waals surface area contributed by atoms with E-state index in [0.717, 1.165) is 22.3 Å². The van der Waals surface area contributed by atoms with Crippen LogP contribution in [-0.2, 0) is 10.1 Å². The third-order valence-corrected chi connectivity index (χ3v) is 4.33. The number of fused-ring (bicyclic) bond motifs is 1. The highest BCUT2D eigenvalue weighted by atomic mass is 32.2. The Bertz CT molecular complexity index is 700. The Kier molecular flexibility index (Phi) is 3.41. The van der Waals surface area contributed by atoms with Crippen molar-refractivity contribution in [3.63, 3.8) is 0 Å². The van der Waals surface area contributed by atoms with Gasteiger partial charge in [-0.15, -0.1) is 0 Å². The number of hydrogen-bond acceptors (Lipinski definition) is 2. The van der Waals surface area contributed by atoms with E-state index < -0.39 is 10.1 Å². The molecule has 0 saturated heterocycles. The Labute approximate surface area is 114 Å². The topological polar surface area (TPSA) is 54.4 Å². The van der Waals surface area contributed by atoms with E-state index in [1.165, 1.54) is 6.07 Å². The highest BCUT2D eigenvalue weighted by Crippen LogP contribution is 2.37. The first-order chi connectivity index (χ1) is 8.71. The summed E-state index contributed by atoms with van der Waals surface area (Å²) in [6.07, 6.45) is 0. The molecule has 1 N–H and O–H groups in total. The van der Waals surface area contributed by atoms with E-state index in [4.69, 9.17) is 0 Å². The maximum Gasteiger partial charge on any atom is 0.295 e. The van der Waals surface area contributed by atoms with E-state index in [1.54, 1.807) is 6.07 Å². The minimum atomic E-state index is -4.19. The minimum absolute atomic E-state index is 0.00555. The first kappa shape index (κ1) is 14.0. The zero-order valence-electron chi connectivity index (χ0n) is 11.6. The number of aryl methyl sites for hydroxylation is 2. The number of rotatable bonds is 2. The molecule has 0 fully saturated rings. The van der Waals surface area contributed by atoms with Gasteiger partial charge in [0.05, 0.1) is 0 Å². The van der Waals surface area contributed by atoms with Crippen LogP contribution in [0.5, 0.6) is 0 Å². The lowest BCUT2D eigenvalue weighted by Crippen LogP contribution is -1.96. The molecule has 2 aliphatic rings. The maximum atomic E-state index is 11.4. The van der Waals surface area contributed by atoms with Gasteiger partial charge >= 0.3 is 0 Å². The summed E-state index contributed by atoms with van der Waals surface area (Å²) in [5, 5.41) is 0. The first-order valence-corrected chi connectivity index (χ1v) is 7.67. The van der Waals surface area contributed by atoms with Gasteiger partial charge in [-0.05, 0) is 48.1 Å². The fourth-order valence-electron chi connectivity index (χ4n) is 2.49. The molecule has 3 nitrogen and oxygen atoms in total. The zero-order chi connectivity index (χ0) is 14.4. The quantitative estimate of drug-likeness (QED) is 0.851. The summed E-state index contributed by atoms with van der Waals surface area (Å²) in [6.45, 7) is 8.01. The molecule has 102 valence electrons. The molecule has 0 heterocycles. The van der Waals surface area contributed by atoms with Crippen molar-refractivity contribution in [2.45, 2.75) is 38.5 Å². The van der Waals surface area contributed by atoms with Crippen LogP contribution in [0.3, 0.4) is 0 Å². The normalized spacial score (nSPS) is 12.3. The molecule has 0 aromatic carbocycles. The van der Waals surface area contributed by atoms with Gasteiger partial charge in [-0.2, -0.15) is 8.42 Å². The van der Waals surface area contributed by atoms with E-state index in [0.29, 0.717) is 11.5 Å². The summed E-state index contributed by atoms with van der Waals surface area (Å²) in [5.74, 6) is 0.365. The van der Waals surface area contributed by atoms with Gasteiger partial charge in [-0.1, -0.05) is 32.0 Å². The van der Waals surface area contributed by atoms with Crippen LogP contribution in [0, 0.1) is 13.8 Å². The molecular weight excluding hydrogens is 260 g/mol. The maximum absolute atomic E-state index is 11.4. The van der Waals surface area contributed by atoms with Gasteiger partial charge in [-0.25, -0.2) is 0 Å². The lowest BCUT2D eigenvalue weighted by atomic mass is 10.0. The van der Waals surface area contributed by atoms with Crippen LogP contribution in [-0.4, -0.2) is 13.0 Å². The van der Waals surface area contributed by atoms with E-state index in [9.17, 15) is 13.0 Å². The highest BCUT2D eigenvalue weighted by Gasteiger charge is 2.22. The predicted octanol–water partition coefficient (Wildman–Crippen LogP) is 3.78. The van der Waals surface area contributed by atoms with E-state index >= 15 is 0 Å². The SMILES string of the molecule is Cc1cc(C(C)C)ccc2c(S(=O)(=O)O)cc(C)c1-2. The van der Waals surface area contributed by atoms with Crippen molar-refractivity contribution < 1.29 is 13.0 Å². The Morgan fingerprint density at radius 3 is 2.16 bits per heavy atom. The van der Waals surface area contributed by atoms with Crippen molar-refractivity contribution in [1.29, 1.82) is 0 Å². The average Bonchev–Trinajstić information content (AvgIpc) is 2.49. The zero-order valence-corrected chi connectivity index (χ0v) is 12.4. The third kappa shape index (κ3) is 2.51. The van der Waals surface area contributed by atoms with Gasteiger partial charge < -0.3 is 0 Å². The lowest BCUT2D eigenvalue weighted by Gasteiger charge is -2.03. The Balaban J connectivity index is 2.85. The molecular formula is C15H18O3S. The van der Waals surface area contributed by atoms with Gasteiger partial charge in [0.25, 0.3) is 10.1 Å². The molecule has 2 aliphatic carbocycles. The van der Waals surface area contributed by atoms with Crippen LogP contribution >= 0.6 is 0 Å². The molecule has 0 bridgehead atoms. The van der Waals surface area contributed by atoms with Gasteiger partial charge in [0.2, 0.25) is 0 Å². The van der Waals surface area contributed by atoms with Crippen LogP contribution in [0.15, 0.2) is 29.2 Å². The monoisotopic (exact) mass is 278 g/mol. The van der Waals surface area contributed by atoms with Crippen LogP contribution < -0.4 is 0 Å². The van der Waals surface area contributed by atoms with Gasteiger partial charge in [0, 0.05) is 5.56 Å². The second-order valence-electron chi connectivity index (χ2n) is 5.27. The average molecular weight is 278 g/mol. The molecule has 0 saturated carbocycles. The Hall–Kier alpha value is -1.39. The van der Waals surface area contributed by atoms with Crippen LogP contribution in [0.25, 0.3) is 11.1 Å². The van der Waals surface area contributed by atoms with Crippen molar-refractivity contribution in [1.82, 2.24) is 0 Å². The van der Waals surface area contributed by atoms with Crippen molar-refractivity contribution in [3.05, 3.63) is 41.0 Å². The molecule has 2 rings (SSSR count). The molecule has 0 spiro atoms. The van der Waals surface area contributed by atoms with Crippen molar-refractivity contribution in [2.24, 2.45) is 0 Å². The second-order valence-corrected chi connectivity index (χ2v) is 6.66. The van der Waals surface area contributed by atoms with E-state index in [-0.39, 0.29) is 4.90 Å². The molecule has 0 aliphatic heterocycles. The molecule has 0 radical (unpaired) electrons. The summed E-state index contributed by atoms with van der Waals surface area (Å²) in [5.41, 5.74) is 4.53. The van der Waals surface area contributed by atoms with Gasteiger partial charge in [0.1, 0.15) is 4.90 Å². The first-order valence-electron chi connectivity index (χ1n) is 6.23. The summed E-state index contributed by atoms with van der Waals surface area (Å²) in [4.78, 5) is -0.00555. The Morgan fingerprint density at radius 2 is 1.63 bits per heavy atom. The molecule has 4 heteroatoms. The van der Waals surface area contributed by atoms with Crippen molar-refractivity contribution >= 4 is 10.1 Å². The molecule has 0 amide bonds. The van der Waals surface area contributed by atoms with E-state index in [2.05, 4.69) is 19.9 Å². The van der Waals surface area contributed by atoms with E-state index in [1.807, 2.05) is 19.9 Å². The molecule has 0 aromatic rings. The minimum Gasteiger partial charge on any atom is -0.282 e. The van der Waals surface area contributed by atoms with Crippen LogP contribution in [0.4, 0.5) is 0 Å². The smallest absolute Gasteiger partial charge is 0.282 e. The molecule has 0 aromatic heterocycles. The summed E-state index contributed by atoms with van der Waals surface area (Å²) >= 11 is 0. The fourth-order valence-corrected chi connectivity index (χ4v) is 3.27. The largest absolute Gasteiger partial charge is 0.295 e. The van der Waals surface area contributed by atoms with Crippen LogP contribution in [0.2, 0.25) is 0 Å². The predicted molar refractivity (Wildman–Crippen MR) is 76.4 cm³/mol. The summed E-state index contributed by atoms with van der Waals surface area (Å²) in [6, 6.07) is 7.32. The van der Waals surface area contributed by atoms with Gasteiger partial charge in [-0.3, -0.25) is 4.55 Å². The molecule has 0 unspecified atom stereocenters. The standard InChI is InChI=1S/C15H18O3S/c1-9(2)12-5-6-13-14(19(16,17)18)8-11(4)15(13)10(3)7-12/h5-9H,1-4H3,(H,16,17,18). The molecule has 19 heavy (non-hydrogen) atoms. The summed E-state index contributed by atoms with van der Waals surface area (Å²) < 4.78 is 32.2. The summed E-state index contributed by atoms with van der Waals surface area (Å²) in [7, 11) is -4.19. The van der Waals surface area contributed by atoms with Gasteiger partial charge in [0.15, 0.2) is 0 Å². The lowest BCUT2D eigenvalue weighted by molar-refractivity contribution is 0.484. The fraction of sp³-hybridized carbons (Fsp3) is 0.333. The second kappa shape index (κ2) is 4.62. The van der Waals surface area contributed by atoms with Crippen molar-refractivity contribution in [3.8, 4) is 11.1 Å². The van der Waals surface area contributed by atoms with Crippen LogP contribution in [0.1, 0.15) is 36.5 Å². The highest BCUT2D eigenvalue weighted by molar-refractivity contribution is 7.86. The third-order valence-electron chi connectivity index (χ3n) is 3.44. The number of hydrogen-bond donors (Lipinski definition) is 1. The molecule has 0 atom stereocenters. The van der Waals surface area contributed by atoms with Crippen molar-refractivity contribution in [2.75, 3.05) is 0 Å².